The third-order valence-electron chi connectivity index (χ3n) is 3.02. The van der Waals surface area contributed by atoms with Crippen molar-refractivity contribution in [3.05, 3.63) is 53.2 Å². The topological polar surface area (TPSA) is 78.5 Å². The molecule has 92 valence electrons. The first-order valence-corrected chi connectivity index (χ1v) is 5.65. The van der Waals surface area contributed by atoms with Crippen LogP contribution in [0.25, 0.3) is 17.0 Å². The van der Waals surface area contributed by atoms with E-state index in [4.69, 9.17) is 16.4 Å². The van der Waals surface area contributed by atoms with Gasteiger partial charge in [-0.05, 0) is 42.8 Å². The van der Waals surface area contributed by atoms with Crippen LogP contribution in [-0.2, 0) is 0 Å². The van der Waals surface area contributed by atoms with Gasteiger partial charge in [0.05, 0.1) is 28.9 Å². The first kappa shape index (κ1) is 12.5. The van der Waals surface area contributed by atoms with Gasteiger partial charge in [-0.3, -0.25) is 4.68 Å². The molecule has 0 aliphatic carbocycles. The molecule has 19 heavy (non-hydrogen) atoms. The summed E-state index contributed by atoms with van der Waals surface area (Å²) >= 11 is 0. The summed E-state index contributed by atoms with van der Waals surface area (Å²) in [6.07, 6.45) is 3.38. The lowest BCUT2D eigenvalue weighted by molar-refractivity contribution is 1.04. The van der Waals surface area contributed by atoms with Crippen molar-refractivity contribution in [2.24, 2.45) is 0 Å². The van der Waals surface area contributed by atoms with Crippen molar-refractivity contribution in [3.63, 3.8) is 0 Å². The predicted molar refractivity (Wildman–Crippen MR) is 75.3 cm³/mol. The summed E-state index contributed by atoms with van der Waals surface area (Å²) < 4.78 is 1.55. The number of nitriles is 2. The number of nitrogens with two attached hydrogens (primary N) is 1. The average Bonchev–Trinajstić information content (AvgIpc) is 2.68. The molecule has 0 aliphatic rings. The van der Waals surface area contributed by atoms with Crippen LogP contribution in [0.1, 0.15) is 16.8 Å². The zero-order valence-corrected chi connectivity index (χ0v) is 10.5. The summed E-state index contributed by atoms with van der Waals surface area (Å²) in [5.74, 6) is 6.03. The van der Waals surface area contributed by atoms with Gasteiger partial charge in [-0.2, -0.15) is 10.5 Å². The van der Waals surface area contributed by atoms with Crippen LogP contribution in [0.4, 0.5) is 0 Å². The Bertz CT molecular complexity index is 779. The van der Waals surface area contributed by atoms with Crippen LogP contribution in [0.5, 0.6) is 0 Å². The van der Waals surface area contributed by atoms with E-state index in [2.05, 4.69) is 12.6 Å². The molecule has 0 bridgehead atoms. The van der Waals surface area contributed by atoms with Gasteiger partial charge in [0.25, 0.3) is 0 Å². The molecule has 0 radical (unpaired) electrons. The third-order valence-corrected chi connectivity index (χ3v) is 3.02. The molecule has 0 saturated carbocycles. The molecule has 1 heterocycles. The average molecular weight is 248 g/mol. The highest BCUT2D eigenvalue weighted by molar-refractivity contribution is 5.89. The Morgan fingerprint density at radius 2 is 2.16 bits per heavy atom. The molecule has 0 unspecified atom stereocenters. The predicted octanol–water partition coefficient (Wildman–Crippen LogP) is 2.63. The van der Waals surface area contributed by atoms with Crippen LogP contribution in [-0.4, -0.2) is 4.68 Å². The van der Waals surface area contributed by atoms with E-state index < -0.39 is 0 Å². The van der Waals surface area contributed by atoms with Gasteiger partial charge in [0.2, 0.25) is 0 Å². The Morgan fingerprint density at radius 1 is 1.42 bits per heavy atom. The van der Waals surface area contributed by atoms with E-state index in [1.165, 1.54) is 0 Å². The number of nitrogens with zero attached hydrogens (tertiary/aromatic N) is 3. The number of aromatic nitrogens is 1. The van der Waals surface area contributed by atoms with Crippen LogP contribution < -0.4 is 5.84 Å². The molecule has 4 nitrogen and oxygen atoms in total. The molecule has 1 aromatic heterocycles. The van der Waals surface area contributed by atoms with E-state index in [9.17, 15) is 0 Å². The Hall–Kier alpha value is -2.98. The van der Waals surface area contributed by atoms with Crippen molar-refractivity contribution >= 4 is 17.0 Å². The van der Waals surface area contributed by atoms with Crippen molar-refractivity contribution in [3.8, 4) is 12.1 Å². The molecule has 4 heteroatoms. The SMILES string of the molecule is C=C(C#N)/C=C\c1c(C)c2cc(C#N)ccc2n1N. The molecular formula is C15H12N4. The van der Waals surface area contributed by atoms with Gasteiger partial charge < -0.3 is 5.84 Å². The highest BCUT2D eigenvalue weighted by atomic mass is 15.3. The van der Waals surface area contributed by atoms with Crippen LogP contribution in [0.15, 0.2) is 36.4 Å². The summed E-state index contributed by atoms with van der Waals surface area (Å²) in [6, 6.07) is 9.42. The van der Waals surface area contributed by atoms with Gasteiger partial charge in [-0.25, -0.2) is 0 Å². The highest BCUT2D eigenvalue weighted by Crippen LogP contribution is 2.25. The monoisotopic (exact) mass is 248 g/mol. The number of aryl methyl sites for hydroxylation is 1. The largest absolute Gasteiger partial charge is 0.339 e. The lowest BCUT2D eigenvalue weighted by atomic mass is 10.1. The zero-order valence-electron chi connectivity index (χ0n) is 10.5. The second kappa shape index (κ2) is 4.72. The molecule has 2 aromatic rings. The normalized spacial score (nSPS) is 10.5. The molecule has 2 N–H and O–H groups in total. The first-order chi connectivity index (χ1) is 9.08. The number of fused-ring (bicyclic) bond motifs is 1. The van der Waals surface area contributed by atoms with Gasteiger partial charge in [0.15, 0.2) is 0 Å². The van der Waals surface area contributed by atoms with Crippen LogP contribution in [0.2, 0.25) is 0 Å². The fourth-order valence-corrected chi connectivity index (χ4v) is 1.99. The van der Waals surface area contributed by atoms with Crippen LogP contribution in [0.3, 0.4) is 0 Å². The molecule has 0 atom stereocenters. The number of rotatable bonds is 2. The van der Waals surface area contributed by atoms with E-state index in [0.29, 0.717) is 11.1 Å². The Labute approximate surface area is 111 Å². The van der Waals surface area contributed by atoms with Gasteiger partial charge >= 0.3 is 0 Å². The lowest BCUT2D eigenvalue weighted by Crippen LogP contribution is -2.09. The molecule has 2 rings (SSSR count). The van der Waals surface area contributed by atoms with Gasteiger partial charge in [-0.15, -0.1) is 0 Å². The molecular weight excluding hydrogens is 236 g/mol. The number of allylic oxidation sites excluding steroid dienone is 2. The maximum atomic E-state index is 8.92. The second-order valence-electron chi connectivity index (χ2n) is 4.19. The summed E-state index contributed by atoms with van der Waals surface area (Å²) in [7, 11) is 0. The first-order valence-electron chi connectivity index (χ1n) is 5.65. The lowest BCUT2D eigenvalue weighted by Gasteiger charge is -1.99. The highest BCUT2D eigenvalue weighted by Gasteiger charge is 2.10. The fraction of sp³-hybridized carbons (Fsp3) is 0.0667. The van der Waals surface area contributed by atoms with Crippen molar-refractivity contribution in [2.75, 3.05) is 5.84 Å². The van der Waals surface area contributed by atoms with Gasteiger partial charge in [0, 0.05) is 11.0 Å². The summed E-state index contributed by atoms with van der Waals surface area (Å²) in [5, 5.41) is 18.5. The summed E-state index contributed by atoms with van der Waals surface area (Å²) in [4.78, 5) is 0. The maximum Gasteiger partial charge on any atom is 0.0991 e. The van der Waals surface area contributed by atoms with E-state index >= 15 is 0 Å². The van der Waals surface area contributed by atoms with Gasteiger partial charge in [0.1, 0.15) is 0 Å². The minimum Gasteiger partial charge on any atom is -0.339 e. The molecule has 0 amide bonds. The molecule has 0 spiro atoms. The van der Waals surface area contributed by atoms with E-state index in [1.54, 1.807) is 22.9 Å². The van der Waals surface area contributed by atoms with Gasteiger partial charge in [-0.1, -0.05) is 6.58 Å². The van der Waals surface area contributed by atoms with Crippen LogP contribution >= 0.6 is 0 Å². The zero-order chi connectivity index (χ0) is 14.0. The van der Waals surface area contributed by atoms with E-state index in [0.717, 1.165) is 22.2 Å². The van der Waals surface area contributed by atoms with E-state index in [1.807, 2.05) is 25.1 Å². The number of benzene rings is 1. The number of hydrogen-bond acceptors (Lipinski definition) is 3. The summed E-state index contributed by atoms with van der Waals surface area (Å²) in [6.45, 7) is 5.52. The van der Waals surface area contributed by atoms with E-state index in [-0.39, 0.29) is 0 Å². The second-order valence-corrected chi connectivity index (χ2v) is 4.19. The molecule has 0 fully saturated rings. The van der Waals surface area contributed by atoms with Crippen LogP contribution in [0, 0.1) is 29.6 Å². The Balaban J connectivity index is 2.64. The minimum atomic E-state index is 0.363. The van der Waals surface area contributed by atoms with Crippen molar-refractivity contribution in [1.82, 2.24) is 4.68 Å². The number of nitrogen functional groups attached to an aromatic ring is 1. The Kier molecular flexibility index (Phi) is 3.10. The van der Waals surface area contributed by atoms with Crippen molar-refractivity contribution < 1.29 is 0 Å². The van der Waals surface area contributed by atoms with Crippen molar-refractivity contribution in [2.45, 2.75) is 6.92 Å². The molecule has 0 aliphatic heterocycles. The molecule has 0 saturated heterocycles. The maximum absolute atomic E-state index is 8.92. The third kappa shape index (κ3) is 2.08. The fourth-order valence-electron chi connectivity index (χ4n) is 1.99. The molecule has 1 aromatic carbocycles. The standard InChI is InChI=1S/C15H12N4/c1-10(8-16)3-5-14-11(2)13-7-12(9-17)4-6-15(13)19(14)18/h3-7H,1,18H2,2H3/b5-3-. The Morgan fingerprint density at radius 3 is 2.79 bits per heavy atom. The number of hydrogen-bond donors (Lipinski definition) is 1. The summed E-state index contributed by atoms with van der Waals surface area (Å²) in [5.41, 5.74) is 3.57. The minimum absolute atomic E-state index is 0.363. The van der Waals surface area contributed by atoms with Crippen molar-refractivity contribution in [1.29, 1.82) is 10.5 Å². The smallest absolute Gasteiger partial charge is 0.0991 e. The quantitative estimate of drug-likeness (QED) is 0.504.